The highest BCUT2D eigenvalue weighted by atomic mass is 19.4. The highest BCUT2D eigenvalue weighted by Crippen LogP contribution is 2.31. The van der Waals surface area contributed by atoms with Gasteiger partial charge in [0.2, 0.25) is 0 Å². The third-order valence-corrected chi connectivity index (χ3v) is 4.12. The first-order valence-corrected chi connectivity index (χ1v) is 7.80. The largest absolute Gasteiger partial charge is 0.416 e. The molecule has 0 saturated heterocycles. The van der Waals surface area contributed by atoms with Gasteiger partial charge in [-0.3, -0.25) is 0 Å². The van der Waals surface area contributed by atoms with Crippen molar-refractivity contribution in [2.75, 3.05) is 0 Å². The Balaban J connectivity index is 1.90. The monoisotopic (exact) mass is 326 g/mol. The maximum Gasteiger partial charge on any atom is 0.416 e. The van der Waals surface area contributed by atoms with Gasteiger partial charge in [0.15, 0.2) is 0 Å². The summed E-state index contributed by atoms with van der Waals surface area (Å²) in [6.07, 6.45) is -3.64. The third kappa shape index (κ3) is 3.85. The van der Waals surface area contributed by atoms with Crippen molar-refractivity contribution < 1.29 is 13.2 Å². The summed E-state index contributed by atoms with van der Waals surface area (Å²) in [5.41, 5.74) is 2.59. The number of alkyl halides is 3. The summed E-state index contributed by atoms with van der Waals surface area (Å²) in [5.74, 6) is 0.115. The van der Waals surface area contributed by atoms with Crippen LogP contribution in [-0.2, 0) is 12.6 Å². The van der Waals surface area contributed by atoms with Crippen LogP contribution in [0.1, 0.15) is 28.2 Å². The van der Waals surface area contributed by atoms with Crippen LogP contribution in [0.2, 0.25) is 0 Å². The molecule has 3 heteroatoms. The van der Waals surface area contributed by atoms with Gasteiger partial charge in [-0.15, -0.1) is 0 Å². The minimum Gasteiger partial charge on any atom is -0.166 e. The van der Waals surface area contributed by atoms with Crippen molar-refractivity contribution in [3.8, 4) is 0 Å². The van der Waals surface area contributed by atoms with Gasteiger partial charge in [-0.25, -0.2) is 0 Å². The lowest BCUT2D eigenvalue weighted by Crippen LogP contribution is -2.07. The van der Waals surface area contributed by atoms with Crippen LogP contribution in [0.5, 0.6) is 0 Å². The van der Waals surface area contributed by atoms with Gasteiger partial charge < -0.3 is 0 Å². The lowest BCUT2D eigenvalue weighted by Gasteiger charge is -2.18. The van der Waals surface area contributed by atoms with E-state index in [9.17, 15) is 13.2 Å². The van der Waals surface area contributed by atoms with Crippen LogP contribution in [0.4, 0.5) is 13.2 Å². The van der Waals surface area contributed by atoms with E-state index in [0.29, 0.717) is 6.42 Å². The molecule has 0 bridgehead atoms. The Bertz CT molecular complexity index is 720. The topological polar surface area (TPSA) is 0 Å². The number of hydrogen-bond donors (Lipinski definition) is 0. The fraction of sp³-hybridized carbons (Fsp3) is 0.143. The van der Waals surface area contributed by atoms with Crippen molar-refractivity contribution in [3.05, 3.63) is 107 Å². The molecule has 0 spiro atoms. The normalized spacial score (nSPS) is 11.7. The first kappa shape index (κ1) is 16.3. The third-order valence-electron chi connectivity index (χ3n) is 4.12. The second kappa shape index (κ2) is 6.91. The summed E-state index contributed by atoms with van der Waals surface area (Å²) < 4.78 is 38.1. The lowest BCUT2D eigenvalue weighted by atomic mass is 9.86. The molecule has 0 aliphatic carbocycles. The van der Waals surface area contributed by atoms with Gasteiger partial charge in [0.25, 0.3) is 0 Å². The van der Waals surface area contributed by atoms with Crippen molar-refractivity contribution >= 4 is 0 Å². The minimum absolute atomic E-state index is 0.115. The quantitative estimate of drug-likeness (QED) is 0.545. The molecule has 24 heavy (non-hydrogen) atoms. The van der Waals surface area contributed by atoms with Crippen molar-refractivity contribution in [2.24, 2.45) is 0 Å². The van der Waals surface area contributed by atoms with Crippen LogP contribution < -0.4 is 0 Å². The summed E-state index contributed by atoms with van der Waals surface area (Å²) in [7, 11) is 0. The standard InChI is InChI=1S/C21H17F3/c22-21(23,24)19-13-11-16(12-14-19)15-20(17-7-3-1-4-8-17)18-9-5-2-6-10-18/h1-14,20H,15H2. The molecule has 0 aliphatic heterocycles. The SMILES string of the molecule is FC(F)(F)c1ccc(CC(c2ccccc2)c2ccccc2)cc1. The average Bonchev–Trinajstić information content (AvgIpc) is 2.61. The number of benzene rings is 3. The van der Waals surface area contributed by atoms with Gasteiger partial charge >= 0.3 is 6.18 Å². The van der Waals surface area contributed by atoms with E-state index in [-0.39, 0.29) is 5.92 Å². The molecule has 0 aliphatic rings. The summed E-state index contributed by atoms with van der Waals surface area (Å²) >= 11 is 0. The smallest absolute Gasteiger partial charge is 0.166 e. The van der Waals surface area contributed by atoms with Crippen molar-refractivity contribution in [3.63, 3.8) is 0 Å². The lowest BCUT2D eigenvalue weighted by molar-refractivity contribution is -0.137. The fourth-order valence-electron chi connectivity index (χ4n) is 2.86. The molecule has 0 atom stereocenters. The van der Waals surface area contributed by atoms with Crippen LogP contribution >= 0.6 is 0 Å². The van der Waals surface area contributed by atoms with E-state index >= 15 is 0 Å². The molecule has 0 fully saturated rings. The molecule has 0 unspecified atom stereocenters. The van der Waals surface area contributed by atoms with Gasteiger partial charge in [0, 0.05) is 5.92 Å². The molecule has 0 aromatic heterocycles. The molecule has 122 valence electrons. The molecular weight excluding hydrogens is 309 g/mol. The van der Waals surface area contributed by atoms with Crippen LogP contribution in [0.25, 0.3) is 0 Å². The molecular formula is C21H17F3. The van der Waals surface area contributed by atoms with Crippen molar-refractivity contribution in [2.45, 2.75) is 18.5 Å². The molecule has 0 N–H and O–H groups in total. The summed E-state index contributed by atoms with van der Waals surface area (Å²) in [4.78, 5) is 0. The van der Waals surface area contributed by atoms with E-state index in [1.807, 2.05) is 36.4 Å². The molecule has 0 saturated carbocycles. The van der Waals surface area contributed by atoms with Gasteiger partial charge in [0.05, 0.1) is 5.56 Å². The second-order valence-corrected chi connectivity index (χ2v) is 5.77. The molecule has 0 radical (unpaired) electrons. The minimum atomic E-state index is -4.29. The molecule has 3 aromatic carbocycles. The Morgan fingerprint density at radius 3 is 1.50 bits per heavy atom. The van der Waals surface area contributed by atoms with Gasteiger partial charge in [-0.05, 0) is 35.2 Å². The van der Waals surface area contributed by atoms with E-state index in [0.717, 1.165) is 28.8 Å². The number of rotatable bonds is 4. The second-order valence-electron chi connectivity index (χ2n) is 5.77. The Hall–Kier alpha value is -2.55. The molecule has 0 nitrogen and oxygen atoms in total. The van der Waals surface area contributed by atoms with Crippen molar-refractivity contribution in [1.29, 1.82) is 0 Å². The molecule has 0 amide bonds. The maximum absolute atomic E-state index is 12.7. The van der Waals surface area contributed by atoms with E-state index in [1.165, 1.54) is 0 Å². The van der Waals surface area contributed by atoms with Gasteiger partial charge in [0.1, 0.15) is 0 Å². The van der Waals surface area contributed by atoms with Crippen LogP contribution in [-0.4, -0.2) is 0 Å². The van der Waals surface area contributed by atoms with E-state index in [4.69, 9.17) is 0 Å². The van der Waals surface area contributed by atoms with Crippen LogP contribution in [0.15, 0.2) is 84.9 Å². The first-order valence-electron chi connectivity index (χ1n) is 7.80. The Morgan fingerprint density at radius 1 is 0.625 bits per heavy atom. The fourth-order valence-corrected chi connectivity index (χ4v) is 2.86. The Labute approximate surface area is 139 Å². The summed E-state index contributed by atoms with van der Waals surface area (Å²) in [6.45, 7) is 0. The maximum atomic E-state index is 12.7. The van der Waals surface area contributed by atoms with Crippen LogP contribution in [0.3, 0.4) is 0 Å². The highest BCUT2D eigenvalue weighted by Gasteiger charge is 2.30. The Kier molecular flexibility index (Phi) is 4.70. The molecule has 0 heterocycles. The van der Waals surface area contributed by atoms with Crippen molar-refractivity contribution in [1.82, 2.24) is 0 Å². The Morgan fingerprint density at radius 2 is 1.08 bits per heavy atom. The van der Waals surface area contributed by atoms with E-state index in [1.54, 1.807) is 12.1 Å². The van der Waals surface area contributed by atoms with E-state index in [2.05, 4.69) is 24.3 Å². The summed E-state index contributed by atoms with van der Waals surface area (Å²) in [5, 5.41) is 0. The van der Waals surface area contributed by atoms with E-state index < -0.39 is 11.7 Å². The predicted molar refractivity (Wildman–Crippen MR) is 89.9 cm³/mol. The zero-order chi connectivity index (χ0) is 17.0. The zero-order valence-electron chi connectivity index (χ0n) is 13.0. The number of hydrogen-bond acceptors (Lipinski definition) is 0. The highest BCUT2D eigenvalue weighted by molar-refractivity contribution is 5.35. The van der Waals surface area contributed by atoms with Gasteiger partial charge in [-0.1, -0.05) is 72.8 Å². The first-order chi connectivity index (χ1) is 11.5. The van der Waals surface area contributed by atoms with Gasteiger partial charge in [-0.2, -0.15) is 13.2 Å². The molecule has 3 aromatic rings. The zero-order valence-corrected chi connectivity index (χ0v) is 13.0. The average molecular weight is 326 g/mol. The number of halogens is 3. The summed E-state index contributed by atoms with van der Waals surface area (Å²) in [6, 6.07) is 25.5. The predicted octanol–water partition coefficient (Wildman–Crippen LogP) is 6.08. The van der Waals surface area contributed by atoms with Crippen LogP contribution in [0, 0.1) is 0 Å². The molecule has 3 rings (SSSR count).